The molecule has 0 fully saturated rings. The number of rotatable bonds is 6. The number of nitrogens with zero attached hydrogens (tertiary/aromatic N) is 2. The molecule has 0 radical (unpaired) electrons. The molecule has 2 N–H and O–H groups in total. The first kappa shape index (κ1) is 15.9. The van der Waals surface area contributed by atoms with E-state index in [-0.39, 0.29) is 6.04 Å². The van der Waals surface area contributed by atoms with E-state index in [1.807, 2.05) is 49.7 Å². The lowest BCUT2D eigenvalue weighted by Crippen LogP contribution is -2.10. The number of ether oxygens (including phenoxy) is 1. The predicted octanol–water partition coefficient (Wildman–Crippen LogP) is 3.72. The van der Waals surface area contributed by atoms with Crippen LogP contribution in [0.1, 0.15) is 43.8 Å². The van der Waals surface area contributed by atoms with Crippen LogP contribution in [0.3, 0.4) is 0 Å². The summed E-state index contributed by atoms with van der Waals surface area (Å²) in [6.07, 6.45) is 0.815. The maximum Gasteiger partial charge on any atom is 0.131 e. The van der Waals surface area contributed by atoms with Crippen LogP contribution in [0.5, 0.6) is 5.75 Å². The summed E-state index contributed by atoms with van der Waals surface area (Å²) in [5.74, 6) is 0.797. The molecule has 0 spiro atoms. The molecule has 0 saturated carbocycles. The van der Waals surface area contributed by atoms with Crippen molar-refractivity contribution < 1.29 is 4.74 Å². The Morgan fingerprint density at radius 1 is 1.33 bits per heavy atom. The van der Waals surface area contributed by atoms with Crippen molar-refractivity contribution in [1.82, 2.24) is 9.78 Å². The minimum Gasteiger partial charge on any atom is -0.487 e. The summed E-state index contributed by atoms with van der Waals surface area (Å²) in [5.41, 5.74) is 8.79. The summed E-state index contributed by atoms with van der Waals surface area (Å²) in [6.45, 7) is 7.20. The minimum atomic E-state index is -0.0704. The largest absolute Gasteiger partial charge is 0.487 e. The quantitative estimate of drug-likeness (QED) is 0.885. The van der Waals surface area contributed by atoms with Crippen LogP contribution < -0.4 is 10.5 Å². The Morgan fingerprint density at radius 2 is 2.05 bits per heavy atom. The molecule has 2 aromatic rings. The van der Waals surface area contributed by atoms with Crippen LogP contribution in [0.25, 0.3) is 0 Å². The number of aromatic nitrogens is 2. The molecule has 1 heterocycles. The van der Waals surface area contributed by atoms with E-state index in [2.05, 4.69) is 5.10 Å². The Hall–Kier alpha value is -1.52. The number of halogens is 1. The van der Waals surface area contributed by atoms with Gasteiger partial charge in [-0.05, 0) is 26.3 Å². The van der Waals surface area contributed by atoms with Crippen LogP contribution in [0.2, 0.25) is 5.02 Å². The summed E-state index contributed by atoms with van der Waals surface area (Å²) < 4.78 is 7.84. The first-order valence-corrected chi connectivity index (χ1v) is 7.67. The van der Waals surface area contributed by atoms with E-state index in [9.17, 15) is 0 Å². The van der Waals surface area contributed by atoms with Gasteiger partial charge in [0.1, 0.15) is 12.4 Å². The maximum atomic E-state index is 6.39. The van der Waals surface area contributed by atoms with Gasteiger partial charge in [0.05, 0.1) is 16.4 Å². The molecule has 4 nitrogen and oxygen atoms in total. The van der Waals surface area contributed by atoms with Gasteiger partial charge in [-0.1, -0.05) is 36.7 Å². The number of nitrogens with two attached hydrogens (primary N) is 1. The van der Waals surface area contributed by atoms with Gasteiger partial charge in [-0.3, -0.25) is 4.68 Å². The van der Waals surface area contributed by atoms with Gasteiger partial charge in [-0.25, -0.2) is 0 Å². The third-order valence-electron chi connectivity index (χ3n) is 3.47. The van der Waals surface area contributed by atoms with E-state index in [4.69, 9.17) is 22.1 Å². The molecule has 0 aliphatic rings. The molecule has 0 saturated heterocycles. The smallest absolute Gasteiger partial charge is 0.131 e. The summed E-state index contributed by atoms with van der Waals surface area (Å²) in [4.78, 5) is 0. The Labute approximate surface area is 130 Å². The molecule has 21 heavy (non-hydrogen) atoms. The van der Waals surface area contributed by atoms with Crippen molar-refractivity contribution in [3.8, 4) is 5.75 Å². The van der Waals surface area contributed by atoms with Crippen molar-refractivity contribution in [2.45, 2.75) is 46.4 Å². The van der Waals surface area contributed by atoms with Gasteiger partial charge in [-0.2, -0.15) is 5.10 Å². The van der Waals surface area contributed by atoms with E-state index in [0.717, 1.165) is 35.7 Å². The van der Waals surface area contributed by atoms with Crippen LogP contribution in [0.4, 0.5) is 0 Å². The van der Waals surface area contributed by atoms with Gasteiger partial charge in [0.2, 0.25) is 0 Å². The number of benzene rings is 1. The molecule has 0 aliphatic heterocycles. The first-order chi connectivity index (χ1) is 10.1. The Morgan fingerprint density at radius 3 is 2.67 bits per heavy atom. The van der Waals surface area contributed by atoms with Gasteiger partial charge in [-0.15, -0.1) is 0 Å². The topological polar surface area (TPSA) is 53.1 Å². The van der Waals surface area contributed by atoms with Crippen LogP contribution in [-0.2, 0) is 19.6 Å². The first-order valence-electron chi connectivity index (χ1n) is 7.29. The zero-order chi connectivity index (χ0) is 15.4. The van der Waals surface area contributed by atoms with Crippen molar-refractivity contribution in [3.63, 3.8) is 0 Å². The highest BCUT2D eigenvalue weighted by atomic mass is 35.5. The van der Waals surface area contributed by atoms with Crippen LogP contribution in [0.15, 0.2) is 24.3 Å². The molecule has 5 heteroatoms. The summed E-state index contributed by atoms with van der Waals surface area (Å²) in [7, 11) is 0. The molecule has 0 amide bonds. The van der Waals surface area contributed by atoms with Gasteiger partial charge in [0.15, 0.2) is 0 Å². The lowest BCUT2D eigenvalue weighted by molar-refractivity contribution is 0.288. The summed E-state index contributed by atoms with van der Waals surface area (Å²) in [6, 6.07) is 7.75. The molecule has 1 aromatic heterocycles. The highest BCUT2D eigenvalue weighted by Gasteiger charge is 2.15. The highest BCUT2D eigenvalue weighted by Crippen LogP contribution is 2.27. The van der Waals surface area contributed by atoms with E-state index in [1.165, 1.54) is 0 Å². The van der Waals surface area contributed by atoms with Crippen LogP contribution >= 0.6 is 11.6 Å². The van der Waals surface area contributed by atoms with E-state index >= 15 is 0 Å². The SMILES string of the molecule is CCc1nn(CC)c(COc2ccccc2C(C)N)c1Cl. The van der Waals surface area contributed by atoms with Crippen LogP contribution in [-0.4, -0.2) is 9.78 Å². The lowest BCUT2D eigenvalue weighted by atomic mass is 10.1. The summed E-state index contributed by atoms with van der Waals surface area (Å²) >= 11 is 6.39. The van der Waals surface area contributed by atoms with Crippen LogP contribution in [0, 0.1) is 0 Å². The fraction of sp³-hybridized carbons (Fsp3) is 0.438. The second kappa shape index (κ2) is 6.96. The fourth-order valence-electron chi connectivity index (χ4n) is 2.29. The molecule has 2 rings (SSSR count). The number of hydrogen-bond acceptors (Lipinski definition) is 3. The third-order valence-corrected chi connectivity index (χ3v) is 3.90. The standard InChI is InChI=1S/C16H22ClN3O/c1-4-13-16(17)14(20(5-2)19-13)10-21-15-9-7-6-8-12(15)11(3)18/h6-9,11H,4-5,10,18H2,1-3H3. The lowest BCUT2D eigenvalue weighted by Gasteiger charge is -2.14. The third kappa shape index (κ3) is 3.39. The average molecular weight is 308 g/mol. The average Bonchev–Trinajstić information content (AvgIpc) is 2.80. The molecule has 0 aliphatic carbocycles. The molecule has 114 valence electrons. The zero-order valence-electron chi connectivity index (χ0n) is 12.8. The second-order valence-corrected chi connectivity index (χ2v) is 5.37. The monoisotopic (exact) mass is 307 g/mol. The van der Waals surface area contributed by atoms with E-state index in [0.29, 0.717) is 11.6 Å². The predicted molar refractivity (Wildman–Crippen MR) is 85.7 cm³/mol. The van der Waals surface area contributed by atoms with Crippen molar-refractivity contribution in [2.24, 2.45) is 5.73 Å². The maximum absolute atomic E-state index is 6.39. The van der Waals surface area contributed by atoms with Crippen molar-refractivity contribution >= 4 is 11.6 Å². The summed E-state index contributed by atoms with van der Waals surface area (Å²) in [5, 5.41) is 5.20. The van der Waals surface area contributed by atoms with Gasteiger partial charge in [0, 0.05) is 18.2 Å². The Balaban J connectivity index is 2.23. The molecule has 0 bridgehead atoms. The fourth-order valence-corrected chi connectivity index (χ4v) is 2.61. The van der Waals surface area contributed by atoms with Gasteiger partial charge < -0.3 is 10.5 Å². The number of para-hydroxylation sites is 1. The van der Waals surface area contributed by atoms with Crippen molar-refractivity contribution in [1.29, 1.82) is 0 Å². The van der Waals surface area contributed by atoms with E-state index in [1.54, 1.807) is 0 Å². The molecule has 1 aromatic carbocycles. The zero-order valence-corrected chi connectivity index (χ0v) is 13.5. The van der Waals surface area contributed by atoms with Gasteiger partial charge in [0.25, 0.3) is 0 Å². The minimum absolute atomic E-state index is 0.0704. The molecular formula is C16H22ClN3O. The highest BCUT2D eigenvalue weighted by molar-refractivity contribution is 6.31. The normalized spacial score (nSPS) is 12.4. The molecule has 1 atom stereocenters. The van der Waals surface area contributed by atoms with Crippen molar-refractivity contribution in [3.05, 3.63) is 46.2 Å². The second-order valence-electron chi connectivity index (χ2n) is 4.99. The van der Waals surface area contributed by atoms with Crippen molar-refractivity contribution in [2.75, 3.05) is 0 Å². The molecule has 1 unspecified atom stereocenters. The van der Waals surface area contributed by atoms with Gasteiger partial charge >= 0.3 is 0 Å². The van der Waals surface area contributed by atoms with E-state index < -0.39 is 0 Å². The Bertz CT molecular complexity index is 608. The number of aryl methyl sites for hydroxylation is 2. The Kier molecular flexibility index (Phi) is 5.26. The molecular weight excluding hydrogens is 286 g/mol. The number of hydrogen-bond donors (Lipinski definition) is 1.